The van der Waals surface area contributed by atoms with Crippen molar-refractivity contribution in [2.45, 2.75) is 17.7 Å². The highest BCUT2D eigenvalue weighted by Gasteiger charge is 2.32. The van der Waals surface area contributed by atoms with E-state index in [1.807, 2.05) is 29.4 Å². The second-order valence-corrected chi connectivity index (χ2v) is 7.18. The molecule has 22 heavy (non-hydrogen) atoms. The van der Waals surface area contributed by atoms with Crippen LogP contribution < -0.4 is 5.32 Å². The average molecular weight is 361 g/mol. The van der Waals surface area contributed by atoms with Gasteiger partial charge in [0.25, 0.3) is 5.91 Å². The number of benzene rings is 1. The summed E-state index contributed by atoms with van der Waals surface area (Å²) in [5.74, 6) is 1.55. The van der Waals surface area contributed by atoms with Crippen molar-refractivity contribution in [1.82, 2.24) is 10.2 Å². The highest BCUT2D eigenvalue weighted by Crippen LogP contribution is 2.29. The van der Waals surface area contributed by atoms with Crippen molar-refractivity contribution in [1.29, 1.82) is 0 Å². The number of fused-ring (bicyclic) bond motifs is 1. The van der Waals surface area contributed by atoms with Gasteiger partial charge in [-0.25, -0.2) is 0 Å². The number of rotatable bonds is 2. The van der Waals surface area contributed by atoms with Gasteiger partial charge in [0.1, 0.15) is 0 Å². The van der Waals surface area contributed by atoms with Crippen LogP contribution in [0, 0.1) is 11.8 Å². The third kappa shape index (κ3) is 3.73. The fraction of sp³-hybridized carbons (Fsp3) is 0.562. The van der Waals surface area contributed by atoms with E-state index in [2.05, 4.69) is 5.32 Å². The fourth-order valence-corrected chi connectivity index (χ4v) is 4.03. The topological polar surface area (TPSA) is 32.3 Å². The molecule has 1 aromatic carbocycles. The molecule has 1 amide bonds. The molecular formula is C16H22Cl2N2OS. The molecule has 0 bridgehead atoms. The lowest BCUT2D eigenvalue weighted by atomic mass is 9.92. The van der Waals surface area contributed by atoms with Gasteiger partial charge in [-0.2, -0.15) is 0 Å². The van der Waals surface area contributed by atoms with Crippen LogP contribution in [0.25, 0.3) is 0 Å². The van der Waals surface area contributed by atoms with E-state index in [0.29, 0.717) is 10.6 Å². The lowest BCUT2D eigenvalue weighted by molar-refractivity contribution is 0.0758. The van der Waals surface area contributed by atoms with E-state index in [4.69, 9.17) is 11.6 Å². The van der Waals surface area contributed by atoms with Crippen LogP contribution in [0.3, 0.4) is 0 Å². The lowest BCUT2D eigenvalue weighted by Crippen LogP contribution is -2.33. The average Bonchev–Trinajstić information content (AvgIpc) is 2.86. The first-order chi connectivity index (χ1) is 10.2. The minimum absolute atomic E-state index is 0. The minimum Gasteiger partial charge on any atom is -0.339 e. The molecule has 0 radical (unpaired) electrons. The second-order valence-electron chi connectivity index (χ2n) is 5.89. The third-order valence-electron chi connectivity index (χ3n) is 4.71. The van der Waals surface area contributed by atoms with E-state index in [9.17, 15) is 4.79 Å². The third-order valence-corrected chi connectivity index (χ3v) is 5.77. The molecule has 2 aliphatic rings. The summed E-state index contributed by atoms with van der Waals surface area (Å²) < 4.78 is 0. The SMILES string of the molecule is CSc1ccc(Cl)c(C(=O)N2CC[C@@H]3CNC[C@@H]3CC2)c1.Cl. The Balaban J connectivity index is 0.00000176. The van der Waals surface area contributed by atoms with Gasteiger partial charge >= 0.3 is 0 Å². The highest BCUT2D eigenvalue weighted by molar-refractivity contribution is 7.98. The number of thioether (sulfide) groups is 1. The van der Waals surface area contributed by atoms with Crippen LogP contribution in [0.5, 0.6) is 0 Å². The van der Waals surface area contributed by atoms with E-state index in [1.54, 1.807) is 11.8 Å². The standard InChI is InChI=1S/C16H21ClN2OS.ClH/c1-21-13-2-3-15(17)14(8-13)16(20)19-6-4-11-9-18-10-12(11)5-7-19;/h2-3,8,11-12,18H,4-7,9-10H2,1H3;1H/t11-,12+;. The molecule has 2 fully saturated rings. The Labute approximate surface area is 147 Å². The molecule has 2 atom stereocenters. The molecule has 0 unspecified atom stereocenters. The maximum atomic E-state index is 12.8. The Kier molecular flexibility index (Phi) is 6.45. The summed E-state index contributed by atoms with van der Waals surface area (Å²) in [7, 11) is 0. The van der Waals surface area contributed by atoms with Crippen molar-refractivity contribution in [3.8, 4) is 0 Å². The molecule has 122 valence electrons. The number of hydrogen-bond acceptors (Lipinski definition) is 3. The summed E-state index contributed by atoms with van der Waals surface area (Å²) in [5, 5.41) is 4.02. The summed E-state index contributed by atoms with van der Waals surface area (Å²) in [6, 6.07) is 5.71. The normalized spacial score (nSPS) is 24.4. The monoisotopic (exact) mass is 360 g/mol. The van der Waals surface area contributed by atoms with Crippen molar-refractivity contribution in [3.63, 3.8) is 0 Å². The maximum Gasteiger partial charge on any atom is 0.255 e. The van der Waals surface area contributed by atoms with E-state index in [1.165, 1.54) is 0 Å². The molecule has 0 spiro atoms. The summed E-state index contributed by atoms with van der Waals surface area (Å²) in [5.41, 5.74) is 0.647. The molecule has 6 heteroatoms. The minimum atomic E-state index is 0. The number of amides is 1. The number of carbonyl (C=O) groups excluding carboxylic acids is 1. The zero-order valence-electron chi connectivity index (χ0n) is 12.7. The predicted octanol–water partition coefficient (Wildman–Crippen LogP) is 3.56. The van der Waals surface area contributed by atoms with Crippen LogP contribution in [0.15, 0.2) is 23.1 Å². The van der Waals surface area contributed by atoms with Crippen molar-refractivity contribution in [3.05, 3.63) is 28.8 Å². The molecule has 3 nitrogen and oxygen atoms in total. The van der Waals surface area contributed by atoms with E-state index < -0.39 is 0 Å². The molecule has 3 rings (SSSR count). The number of nitrogens with zero attached hydrogens (tertiary/aromatic N) is 1. The van der Waals surface area contributed by atoms with E-state index in [0.717, 1.165) is 55.8 Å². The molecule has 1 N–H and O–H groups in total. The molecule has 2 heterocycles. The first-order valence-electron chi connectivity index (χ1n) is 7.52. The molecule has 0 saturated carbocycles. The van der Waals surface area contributed by atoms with Crippen LogP contribution in [0.1, 0.15) is 23.2 Å². The first-order valence-corrected chi connectivity index (χ1v) is 9.13. The number of halogens is 2. The first kappa shape index (κ1) is 17.9. The lowest BCUT2D eigenvalue weighted by Gasteiger charge is -2.21. The Bertz CT molecular complexity index is 527. The van der Waals surface area contributed by atoms with Crippen LogP contribution in [-0.2, 0) is 0 Å². The summed E-state index contributed by atoms with van der Waals surface area (Å²) in [6.07, 6.45) is 4.21. The second kappa shape index (κ2) is 7.91. The van der Waals surface area contributed by atoms with Gasteiger partial charge in [0, 0.05) is 18.0 Å². The molecule has 2 aliphatic heterocycles. The van der Waals surface area contributed by atoms with Gasteiger partial charge in [-0.1, -0.05) is 11.6 Å². The quantitative estimate of drug-likeness (QED) is 0.818. The molecular weight excluding hydrogens is 339 g/mol. The zero-order valence-corrected chi connectivity index (χ0v) is 15.1. The van der Waals surface area contributed by atoms with Gasteiger partial charge in [0.05, 0.1) is 10.6 Å². The van der Waals surface area contributed by atoms with Crippen molar-refractivity contribution in [2.75, 3.05) is 32.4 Å². The number of carbonyl (C=O) groups is 1. The fourth-order valence-electron chi connectivity index (χ4n) is 3.39. The zero-order chi connectivity index (χ0) is 14.8. The molecule has 2 saturated heterocycles. The van der Waals surface area contributed by atoms with Crippen LogP contribution in [0.4, 0.5) is 0 Å². The Morgan fingerprint density at radius 1 is 1.27 bits per heavy atom. The van der Waals surface area contributed by atoms with Gasteiger partial charge in [-0.05, 0) is 62.2 Å². The smallest absolute Gasteiger partial charge is 0.255 e. The highest BCUT2D eigenvalue weighted by atomic mass is 35.5. The van der Waals surface area contributed by atoms with Gasteiger partial charge in [0.15, 0.2) is 0 Å². The van der Waals surface area contributed by atoms with Crippen molar-refractivity contribution >= 4 is 41.7 Å². The predicted molar refractivity (Wildman–Crippen MR) is 95.5 cm³/mol. The van der Waals surface area contributed by atoms with Crippen molar-refractivity contribution in [2.24, 2.45) is 11.8 Å². The number of hydrogen-bond donors (Lipinski definition) is 1. The van der Waals surface area contributed by atoms with Crippen molar-refractivity contribution < 1.29 is 4.79 Å². The summed E-state index contributed by atoms with van der Waals surface area (Å²) >= 11 is 7.87. The summed E-state index contributed by atoms with van der Waals surface area (Å²) in [6.45, 7) is 3.91. The number of nitrogens with one attached hydrogen (secondary N) is 1. The molecule has 0 aliphatic carbocycles. The largest absolute Gasteiger partial charge is 0.339 e. The van der Waals surface area contributed by atoms with E-state index >= 15 is 0 Å². The van der Waals surface area contributed by atoms with Crippen LogP contribution in [-0.4, -0.2) is 43.2 Å². The molecule has 0 aromatic heterocycles. The molecule has 1 aromatic rings. The number of likely N-dealkylation sites (tertiary alicyclic amines) is 1. The summed E-state index contributed by atoms with van der Waals surface area (Å²) in [4.78, 5) is 15.8. The van der Waals surface area contributed by atoms with Gasteiger partial charge in [-0.15, -0.1) is 24.2 Å². The Hall–Kier alpha value is -0.420. The van der Waals surface area contributed by atoms with Gasteiger partial charge < -0.3 is 10.2 Å². The Morgan fingerprint density at radius 2 is 1.91 bits per heavy atom. The van der Waals surface area contributed by atoms with Gasteiger partial charge in [0.2, 0.25) is 0 Å². The Morgan fingerprint density at radius 3 is 2.50 bits per heavy atom. The van der Waals surface area contributed by atoms with Crippen LogP contribution >= 0.6 is 35.8 Å². The maximum absolute atomic E-state index is 12.8. The van der Waals surface area contributed by atoms with E-state index in [-0.39, 0.29) is 18.3 Å². The van der Waals surface area contributed by atoms with Crippen LogP contribution in [0.2, 0.25) is 5.02 Å². The van der Waals surface area contributed by atoms with Gasteiger partial charge in [-0.3, -0.25) is 4.79 Å².